The van der Waals surface area contributed by atoms with E-state index in [2.05, 4.69) is 40.6 Å². The first-order valence-electron chi connectivity index (χ1n) is 14.6. The molecular formula is C32H45FN3O2S+. The highest BCUT2D eigenvalue weighted by Crippen LogP contribution is 2.28. The van der Waals surface area contributed by atoms with Crippen LogP contribution in [-0.4, -0.2) is 12.6 Å². The van der Waals surface area contributed by atoms with Gasteiger partial charge in [-0.3, -0.25) is 0 Å². The summed E-state index contributed by atoms with van der Waals surface area (Å²) in [5.41, 5.74) is 2.08. The number of thiazole rings is 1. The Morgan fingerprint density at radius 2 is 1.56 bits per heavy atom. The average molecular weight is 555 g/mol. The van der Waals surface area contributed by atoms with E-state index in [4.69, 9.17) is 4.74 Å². The quantitative estimate of drug-likeness (QED) is 0.122. The topological polar surface area (TPSA) is 54.2 Å². The number of anilines is 2. The molecule has 7 heteroatoms. The summed E-state index contributed by atoms with van der Waals surface area (Å²) < 4.78 is 22.5. The van der Waals surface area contributed by atoms with Crippen LogP contribution in [0.25, 0.3) is 0 Å². The highest BCUT2D eigenvalue weighted by Gasteiger charge is 2.14. The maximum atomic E-state index is 14.5. The molecule has 212 valence electrons. The number of para-hydroxylation sites is 1. The number of halogens is 1. The monoisotopic (exact) mass is 554 g/mol. The second-order valence-electron chi connectivity index (χ2n) is 10.2. The molecular weight excluding hydrogens is 509 g/mol. The molecule has 0 aliphatic rings. The van der Waals surface area contributed by atoms with Gasteiger partial charge in [0.25, 0.3) is 0 Å². The van der Waals surface area contributed by atoms with E-state index in [0.717, 1.165) is 24.9 Å². The molecule has 0 unspecified atom stereocenters. The van der Waals surface area contributed by atoms with Crippen molar-refractivity contribution >= 4 is 28.7 Å². The number of rotatable bonds is 18. The van der Waals surface area contributed by atoms with E-state index in [-0.39, 0.29) is 5.75 Å². The molecule has 2 N–H and O–H groups in total. The minimum Gasteiger partial charge on any atom is -0.488 e. The Morgan fingerprint density at radius 3 is 2.23 bits per heavy atom. The van der Waals surface area contributed by atoms with Gasteiger partial charge >= 0.3 is 6.03 Å². The van der Waals surface area contributed by atoms with Crippen LogP contribution in [-0.2, 0) is 6.54 Å². The summed E-state index contributed by atoms with van der Waals surface area (Å²) in [7, 11) is 0. The van der Waals surface area contributed by atoms with E-state index in [1.54, 1.807) is 23.5 Å². The number of nitrogens with one attached hydrogen (secondary N) is 2. The van der Waals surface area contributed by atoms with Crippen LogP contribution >= 0.6 is 11.3 Å². The molecule has 3 aromatic rings. The lowest BCUT2D eigenvalue weighted by Gasteiger charge is -2.14. The lowest BCUT2D eigenvalue weighted by atomic mass is 10.1. The number of carbonyl (C=O) groups is 1. The van der Waals surface area contributed by atoms with Gasteiger partial charge in [-0.15, -0.1) is 0 Å². The first kappa shape index (κ1) is 30.6. The fourth-order valence-corrected chi connectivity index (χ4v) is 5.30. The number of hydrogen-bond donors (Lipinski definition) is 2. The summed E-state index contributed by atoms with van der Waals surface area (Å²) in [5.74, 6) is -0.384. The molecule has 2 amide bonds. The highest BCUT2D eigenvalue weighted by molar-refractivity contribution is 7.09. The lowest BCUT2D eigenvalue weighted by Crippen LogP contribution is -2.34. The zero-order valence-corrected chi connectivity index (χ0v) is 24.5. The normalized spacial score (nSPS) is 10.9. The molecule has 39 heavy (non-hydrogen) atoms. The van der Waals surface area contributed by atoms with E-state index < -0.39 is 11.8 Å². The Hall–Kier alpha value is -2.93. The molecule has 0 atom stereocenters. The van der Waals surface area contributed by atoms with Gasteiger partial charge in [-0.1, -0.05) is 107 Å². The first-order valence-corrected chi connectivity index (χ1v) is 15.5. The molecule has 0 saturated heterocycles. The largest absolute Gasteiger partial charge is 0.488 e. The first-order chi connectivity index (χ1) is 19.1. The second-order valence-corrected chi connectivity index (χ2v) is 11.3. The number of urea groups is 1. The van der Waals surface area contributed by atoms with Crippen LogP contribution < -0.4 is 19.9 Å². The van der Waals surface area contributed by atoms with Gasteiger partial charge in [0.1, 0.15) is 0 Å². The molecule has 3 rings (SSSR count). The van der Waals surface area contributed by atoms with Crippen LogP contribution in [0.5, 0.6) is 5.75 Å². The summed E-state index contributed by atoms with van der Waals surface area (Å²) in [5, 5.41) is 8.88. The summed E-state index contributed by atoms with van der Waals surface area (Å²) in [6.45, 7) is 5.49. The molecule has 5 nitrogen and oxygen atoms in total. The van der Waals surface area contributed by atoms with E-state index in [0.29, 0.717) is 18.0 Å². The average Bonchev–Trinajstić information content (AvgIpc) is 3.32. The van der Waals surface area contributed by atoms with Crippen molar-refractivity contribution in [1.29, 1.82) is 0 Å². The van der Waals surface area contributed by atoms with E-state index in [1.807, 2.05) is 24.3 Å². The van der Waals surface area contributed by atoms with E-state index in [1.165, 1.54) is 75.3 Å². The SMILES string of the molecule is CCCCCCCCCCCCCCOc1c(F)cccc1NC(=O)Nc1cccc(C[n+]2ccsc2C)c1. The molecule has 0 spiro atoms. The molecule has 0 aliphatic carbocycles. The number of ether oxygens (including phenoxy) is 1. The van der Waals surface area contributed by atoms with Gasteiger partial charge in [-0.05, 0) is 30.7 Å². The summed E-state index contributed by atoms with van der Waals surface area (Å²) in [6.07, 6.45) is 17.2. The van der Waals surface area contributed by atoms with Crippen LogP contribution in [0.4, 0.5) is 20.6 Å². The van der Waals surface area contributed by atoms with E-state index in [9.17, 15) is 9.18 Å². The van der Waals surface area contributed by atoms with Crippen molar-refractivity contribution in [3.8, 4) is 5.75 Å². The molecule has 0 fully saturated rings. The smallest absolute Gasteiger partial charge is 0.323 e. The van der Waals surface area contributed by atoms with Crippen molar-refractivity contribution < 1.29 is 18.5 Å². The van der Waals surface area contributed by atoms with Crippen molar-refractivity contribution in [2.24, 2.45) is 0 Å². The van der Waals surface area contributed by atoms with Crippen LogP contribution in [0.15, 0.2) is 54.0 Å². The van der Waals surface area contributed by atoms with Gasteiger partial charge in [0.15, 0.2) is 24.3 Å². The number of carbonyl (C=O) groups excluding carboxylic acids is 1. The van der Waals surface area contributed by atoms with Crippen molar-refractivity contribution in [2.45, 2.75) is 97.4 Å². The molecule has 0 radical (unpaired) electrons. The van der Waals surface area contributed by atoms with E-state index >= 15 is 0 Å². The minimum absolute atomic E-state index is 0.0915. The Morgan fingerprint density at radius 1 is 0.897 bits per heavy atom. The van der Waals surface area contributed by atoms with Gasteiger partial charge in [-0.25, -0.2) is 9.18 Å². The summed E-state index contributed by atoms with van der Waals surface area (Å²) in [6, 6.07) is 11.9. The number of nitrogens with zero attached hydrogens (tertiary/aromatic N) is 1. The summed E-state index contributed by atoms with van der Waals surface area (Å²) >= 11 is 1.70. The number of unbranched alkanes of at least 4 members (excludes halogenated alkanes) is 11. The number of hydrogen-bond acceptors (Lipinski definition) is 3. The maximum absolute atomic E-state index is 14.5. The Bertz CT molecular complexity index is 1130. The van der Waals surface area contributed by atoms with Gasteiger partial charge in [-0.2, -0.15) is 4.57 Å². The van der Waals surface area contributed by atoms with Crippen molar-refractivity contribution in [2.75, 3.05) is 17.2 Å². The number of benzene rings is 2. The lowest BCUT2D eigenvalue weighted by molar-refractivity contribution is -0.689. The Labute approximate surface area is 237 Å². The molecule has 0 aliphatic heterocycles. The molecule has 0 saturated carbocycles. The minimum atomic E-state index is -0.475. The summed E-state index contributed by atoms with van der Waals surface area (Å²) in [4.78, 5) is 12.7. The Balaban J connectivity index is 1.37. The number of aromatic nitrogens is 1. The third-order valence-electron chi connectivity index (χ3n) is 6.88. The van der Waals surface area contributed by atoms with Gasteiger partial charge in [0.05, 0.1) is 17.7 Å². The molecule has 1 heterocycles. The fraction of sp³-hybridized carbons (Fsp3) is 0.500. The molecule has 2 aromatic carbocycles. The predicted molar refractivity (Wildman–Crippen MR) is 160 cm³/mol. The van der Waals surface area contributed by atoms with Gasteiger partial charge < -0.3 is 15.4 Å². The standard InChI is InChI=1S/C32H44FN3O2S/c1-3-4-5-6-7-8-9-10-11-12-13-14-22-38-31-29(33)19-16-20-30(31)35-32(37)34-28-18-15-17-27(24-28)25-36-21-23-39-26(36)2/h15-21,23-24H,3-14,22,25H2,1-2H3,(H-,34,35,37)/p+1. The number of aryl methyl sites for hydroxylation is 1. The third kappa shape index (κ3) is 11.4. The van der Waals surface area contributed by atoms with Crippen LogP contribution in [0, 0.1) is 12.7 Å². The van der Waals surface area contributed by atoms with Crippen molar-refractivity contribution in [1.82, 2.24) is 0 Å². The maximum Gasteiger partial charge on any atom is 0.323 e. The van der Waals surface area contributed by atoms with Crippen molar-refractivity contribution in [3.63, 3.8) is 0 Å². The van der Waals surface area contributed by atoms with Crippen LogP contribution in [0.2, 0.25) is 0 Å². The fourth-order valence-electron chi connectivity index (χ4n) is 4.64. The van der Waals surface area contributed by atoms with Crippen LogP contribution in [0.3, 0.4) is 0 Å². The molecule has 0 bridgehead atoms. The highest BCUT2D eigenvalue weighted by atomic mass is 32.1. The van der Waals surface area contributed by atoms with Crippen LogP contribution in [0.1, 0.15) is 94.5 Å². The van der Waals surface area contributed by atoms with Gasteiger partial charge in [0.2, 0.25) is 5.01 Å². The predicted octanol–water partition coefficient (Wildman–Crippen LogP) is 9.26. The second kappa shape index (κ2) is 17.6. The van der Waals surface area contributed by atoms with Gasteiger partial charge in [0, 0.05) is 18.2 Å². The van der Waals surface area contributed by atoms with Crippen molar-refractivity contribution in [3.05, 3.63) is 70.4 Å². The third-order valence-corrected chi connectivity index (χ3v) is 7.71. The zero-order chi connectivity index (χ0) is 27.7. The zero-order valence-electron chi connectivity index (χ0n) is 23.6. The Kier molecular flexibility index (Phi) is 13.8. The number of amides is 2. The molecule has 1 aromatic heterocycles.